The molecule has 3 rings (SSSR count). The van der Waals surface area contributed by atoms with E-state index in [0.29, 0.717) is 17.8 Å². The Morgan fingerprint density at radius 2 is 2.17 bits per heavy atom. The molecule has 1 aromatic heterocycles. The van der Waals surface area contributed by atoms with Crippen molar-refractivity contribution in [2.75, 3.05) is 11.9 Å². The molecule has 1 amide bonds. The number of fused-ring (bicyclic) bond motifs is 1. The Kier molecular flexibility index (Phi) is 3.67. The second kappa shape index (κ2) is 5.65. The molecule has 1 atom stereocenters. The van der Waals surface area contributed by atoms with Crippen molar-refractivity contribution in [1.29, 1.82) is 5.26 Å². The molecule has 1 N–H and O–H groups in total. The molecule has 0 radical (unpaired) electrons. The van der Waals surface area contributed by atoms with Crippen LogP contribution in [0.25, 0.3) is 0 Å². The second-order valence-electron chi connectivity index (χ2n) is 5.58. The van der Waals surface area contributed by atoms with Crippen molar-refractivity contribution < 1.29 is 4.79 Å². The number of nitrogens with zero attached hydrogens (tertiary/aromatic N) is 3. The van der Waals surface area contributed by atoms with Crippen LogP contribution >= 0.6 is 0 Å². The third kappa shape index (κ3) is 2.29. The van der Waals surface area contributed by atoms with Gasteiger partial charge in [0.25, 0.3) is 5.91 Å². The first-order valence-electron chi connectivity index (χ1n) is 7.42. The third-order valence-electron chi connectivity index (χ3n) is 4.33. The monoisotopic (exact) mass is 306 g/mol. The standard InChI is InChI=1S/C18H18N4O/c1-4-9-22-17(15-10-13(11-19)21(3)12(15)2)20-16-8-6-5-7-14(16)18(22)23/h4-8,10,17,20H,1,9H2,2-3H3/t17-/m0/s1. The van der Waals surface area contributed by atoms with Crippen molar-refractivity contribution in [2.45, 2.75) is 13.1 Å². The highest BCUT2D eigenvalue weighted by atomic mass is 16.2. The molecule has 23 heavy (non-hydrogen) atoms. The van der Waals surface area contributed by atoms with E-state index >= 15 is 0 Å². The van der Waals surface area contributed by atoms with Crippen LogP contribution in [0.5, 0.6) is 0 Å². The number of carbonyl (C=O) groups is 1. The maximum absolute atomic E-state index is 12.8. The maximum Gasteiger partial charge on any atom is 0.258 e. The van der Waals surface area contributed by atoms with Crippen LogP contribution in [0.1, 0.15) is 33.5 Å². The van der Waals surface area contributed by atoms with E-state index in [0.717, 1.165) is 16.9 Å². The fraction of sp³-hybridized carbons (Fsp3) is 0.222. The molecule has 2 aromatic rings. The normalized spacial score (nSPS) is 16.5. The number of benzene rings is 1. The number of carbonyl (C=O) groups excluding carboxylic acids is 1. The number of hydrogen-bond acceptors (Lipinski definition) is 3. The lowest BCUT2D eigenvalue weighted by Gasteiger charge is -2.37. The van der Waals surface area contributed by atoms with Crippen LogP contribution in [-0.4, -0.2) is 21.9 Å². The molecule has 0 saturated heterocycles. The predicted molar refractivity (Wildman–Crippen MR) is 88.9 cm³/mol. The molecule has 1 aliphatic heterocycles. The maximum atomic E-state index is 12.8. The summed E-state index contributed by atoms with van der Waals surface area (Å²) < 4.78 is 1.84. The predicted octanol–water partition coefficient (Wildman–Crippen LogP) is 2.96. The summed E-state index contributed by atoms with van der Waals surface area (Å²) in [5.41, 5.74) is 3.92. The molecule has 1 aliphatic rings. The van der Waals surface area contributed by atoms with Gasteiger partial charge >= 0.3 is 0 Å². The topological polar surface area (TPSA) is 61.1 Å². The number of aromatic nitrogens is 1. The van der Waals surface area contributed by atoms with Gasteiger partial charge in [-0.05, 0) is 25.1 Å². The van der Waals surface area contributed by atoms with Gasteiger partial charge in [-0.15, -0.1) is 6.58 Å². The van der Waals surface area contributed by atoms with E-state index in [1.807, 2.05) is 48.9 Å². The Labute approximate surface area is 135 Å². The zero-order chi connectivity index (χ0) is 16.6. The molecule has 0 unspecified atom stereocenters. The first-order chi connectivity index (χ1) is 11.1. The van der Waals surface area contributed by atoms with Crippen molar-refractivity contribution in [1.82, 2.24) is 9.47 Å². The molecule has 0 aliphatic carbocycles. The van der Waals surface area contributed by atoms with E-state index in [-0.39, 0.29) is 12.1 Å². The largest absolute Gasteiger partial charge is 0.361 e. The van der Waals surface area contributed by atoms with Crippen molar-refractivity contribution >= 4 is 11.6 Å². The minimum absolute atomic E-state index is 0.0361. The van der Waals surface area contributed by atoms with Crippen LogP contribution in [0.4, 0.5) is 5.69 Å². The lowest BCUT2D eigenvalue weighted by molar-refractivity contribution is 0.0707. The molecular weight excluding hydrogens is 288 g/mol. The summed E-state index contributed by atoms with van der Waals surface area (Å²) in [7, 11) is 1.85. The van der Waals surface area contributed by atoms with Gasteiger partial charge in [-0.3, -0.25) is 4.79 Å². The smallest absolute Gasteiger partial charge is 0.258 e. The van der Waals surface area contributed by atoms with Crippen molar-refractivity contribution in [3.05, 3.63) is 65.5 Å². The van der Waals surface area contributed by atoms with Crippen LogP contribution in [-0.2, 0) is 7.05 Å². The molecule has 5 heteroatoms. The van der Waals surface area contributed by atoms with Crippen LogP contribution in [0.15, 0.2) is 43.0 Å². The van der Waals surface area contributed by atoms with Crippen molar-refractivity contribution in [3.8, 4) is 6.07 Å². The van der Waals surface area contributed by atoms with Crippen molar-refractivity contribution in [2.24, 2.45) is 7.05 Å². The quantitative estimate of drug-likeness (QED) is 0.887. The average Bonchev–Trinajstić information content (AvgIpc) is 2.85. The molecule has 116 valence electrons. The highest BCUT2D eigenvalue weighted by Crippen LogP contribution is 2.35. The number of rotatable bonds is 3. The van der Waals surface area contributed by atoms with Gasteiger partial charge in [0, 0.05) is 30.5 Å². The van der Waals surface area contributed by atoms with Gasteiger partial charge in [0.15, 0.2) is 0 Å². The highest BCUT2D eigenvalue weighted by Gasteiger charge is 2.33. The fourth-order valence-corrected chi connectivity index (χ4v) is 2.97. The zero-order valence-corrected chi connectivity index (χ0v) is 13.2. The lowest BCUT2D eigenvalue weighted by Crippen LogP contribution is -2.43. The van der Waals surface area contributed by atoms with Crippen LogP contribution in [0, 0.1) is 18.3 Å². The van der Waals surface area contributed by atoms with Gasteiger partial charge in [0.1, 0.15) is 17.9 Å². The molecule has 0 spiro atoms. The summed E-state index contributed by atoms with van der Waals surface area (Å²) in [4.78, 5) is 14.6. The molecular formula is C18H18N4O. The van der Waals surface area contributed by atoms with Crippen molar-refractivity contribution in [3.63, 3.8) is 0 Å². The Balaban J connectivity index is 2.12. The van der Waals surface area contributed by atoms with E-state index in [1.54, 1.807) is 11.0 Å². The van der Waals surface area contributed by atoms with Gasteiger partial charge in [0.05, 0.1) is 5.56 Å². The minimum Gasteiger partial charge on any atom is -0.361 e. The Hall–Kier alpha value is -3.00. The molecule has 0 bridgehead atoms. The first-order valence-corrected chi connectivity index (χ1v) is 7.42. The average molecular weight is 306 g/mol. The number of anilines is 1. The van der Waals surface area contributed by atoms with Crippen LogP contribution in [0.2, 0.25) is 0 Å². The van der Waals surface area contributed by atoms with Gasteiger partial charge in [-0.1, -0.05) is 18.2 Å². The number of hydrogen-bond donors (Lipinski definition) is 1. The van der Waals surface area contributed by atoms with E-state index in [2.05, 4.69) is 18.0 Å². The summed E-state index contributed by atoms with van der Waals surface area (Å²) in [6.45, 7) is 6.14. The molecule has 5 nitrogen and oxygen atoms in total. The SMILES string of the molecule is C=CCN1C(=O)c2ccccc2N[C@@H]1c1cc(C#N)n(C)c1C. The van der Waals surface area contributed by atoms with E-state index in [9.17, 15) is 10.1 Å². The van der Waals surface area contributed by atoms with E-state index in [1.165, 1.54) is 0 Å². The van der Waals surface area contributed by atoms with E-state index < -0.39 is 0 Å². The molecule has 2 heterocycles. The Morgan fingerprint density at radius 1 is 1.43 bits per heavy atom. The summed E-state index contributed by atoms with van der Waals surface area (Å²) in [6.07, 6.45) is 1.40. The fourth-order valence-electron chi connectivity index (χ4n) is 2.97. The van der Waals surface area contributed by atoms with Crippen LogP contribution < -0.4 is 5.32 Å². The summed E-state index contributed by atoms with van der Waals surface area (Å²) in [5, 5.41) is 12.7. The van der Waals surface area contributed by atoms with Gasteiger partial charge in [0.2, 0.25) is 0 Å². The van der Waals surface area contributed by atoms with Gasteiger partial charge < -0.3 is 14.8 Å². The Morgan fingerprint density at radius 3 is 2.83 bits per heavy atom. The van der Waals surface area contributed by atoms with Gasteiger partial charge in [-0.25, -0.2) is 0 Å². The second-order valence-corrected chi connectivity index (χ2v) is 5.58. The summed E-state index contributed by atoms with van der Waals surface area (Å²) in [5.74, 6) is -0.0361. The first kappa shape index (κ1) is 14.9. The number of nitrogens with one attached hydrogen (secondary N) is 1. The zero-order valence-electron chi connectivity index (χ0n) is 13.2. The molecule has 1 aromatic carbocycles. The molecule has 0 fully saturated rings. The summed E-state index contributed by atoms with van der Waals surface area (Å²) >= 11 is 0. The third-order valence-corrected chi connectivity index (χ3v) is 4.33. The number of amides is 1. The van der Waals surface area contributed by atoms with Gasteiger partial charge in [-0.2, -0.15) is 5.26 Å². The number of nitriles is 1. The molecule has 0 saturated carbocycles. The summed E-state index contributed by atoms with van der Waals surface area (Å²) in [6, 6.07) is 11.5. The lowest BCUT2D eigenvalue weighted by atomic mass is 10.0. The minimum atomic E-state index is -0.316. The highest BCUT2D eigenvalue weighted by molar-refractivity contribution is 6.01. The number of para-hydroxylation sites is 1. The Bertz CT molecular complexity index is 828. The van der Waals surface area contributed by atoms with E-state index in [4.69, 9.17) is 0 Å². The van der Waals surface area contributed by atoms with Crippen LogP contribution in [0.3, 0.4) is 0 Å².